The molecule has 5 rings (SSSR count). The summed E-state index contributed by atoms with van der Waals surface area (Å²) in [7, 11) is 0. The molecule has 0 saturated heterocycles. The molecule has 0 bridgehead atoms. The van der Waals surface area contributed by atoms with Crippen molar-refractivity contribution in [1.82, 2.24) is 14.6 Å². The highest BCUT2D eigenvalue weighted by Crippen LogP contribution is 2.39. The average Bonchev–Trinajstić information content (AvgIpc) is 3.79. The lowest BCUT2D eigenvalue weighted by Crippen LogP contribution is -2.37. The molecule has 0 spiro atoms. The van der Waals surface area contributed by atoms with Gasteiger partial charge in [0.2, 0.25) is 5.69 Å². The van der Waals surface area contributed by atoms with Gasteiger partial charge in [-0.3, -0.25) is 14.3 Å². The first kappa shape index (κ1) is 47.2. The number of rotatable bonds is 23. The van der Waals surface area contributed by atoms with Crippen LogP contribution in [0.3, 0.4) is 0 Å². The monoisotopic (exact) mass is 857 g/mol. The molecule has 1 aliphatic rings. The van der Waals surface area contributed by atoms with E-state index in [2.05, 4.69) is 63.1 Å². The van der Waals surface area contributed by atoms with Gasteiger partial charge in [-0.1, -0.05) is 124 Å². The number of hydrogen-bond donors (Lipinski definition) is 3. The van der Waals surface area contributed by atoms with Crippen LogP contribution >= 0.6 is 0 Å². The third-order valence-corrected chi connectivity index (χ3v) is 13.2. The number of hydrogen-bond acceptors (Lipinski definition) is 7. The van der Waals surface area contributed by atoms with Gasteiger partial charge in [0.05, 0.1) is 12.3 Å². The van der Waals surface area contributed by atoms with Crippen LogP contribution in [0.2, 0.25) is 0 Å². The quantitative estimate of drug-likeness (QED) is 0.0379. The summed E-state index contributed by atoms with van der Waals surface area (Å²) in [4.78, 5) is 34.4. The van der Waals surface area contributed by atoms with Crippen molar-refractivity contribution in [2.75, 3.05) is 4.72 Å². The van der Waals surface area contributed by atoms with Gasteiger partial charge < -0.3 is 18.8 Å². The molecule has 1 aliphatic carbocycles. The number of carboxylic acid groups (broad SMARTS) is 1. The van der Waals surface area contributed by atoms with Crippen LogP contribution in [0, 0.1) is 31.2 Å². The van der Waals surface area contributed by atoms with Gasteiger partial charge in [0.25, 0.3) is 0 Å². The molecule has 4 unspecified atom stereocenters. The molecule has 13 heteroatoms. The Hall–Kier alpha value is -4.83. The van der Waals surface area contributed by atoms with E-state index in [0.29, 0.717) is 29.4 Å². The van der Waals surface area contributed by atoms with Gasteiger partial charge in [-0.25, -0.2) is 19.4 Å². The van der Waals surface area contributed by atoms with Crippen molar-refractivity contribution in [3.8, 4) is 22.9 Å². The number of aromatic nitrogens is 3. The summed E-state index contributed by atoms with van der Waals surface area (Å²) in [5.74, 6) is 0.150. The Balaban J connectivity index is 1.30. The Morgan fingerprint density at radius 3 is 2.26 bits per heavy atom. The highest BCUT2D eigenvalue weighted by atomic mass is 32.2. The van der Waals surface area contributed by atoms with E-state index in [1.165, 1.54) is 38.5 Å². The molecule has 2 heterocycles. The van der Waals surface area contributed by atoms with Crippen LogP contribution in [0.15, 0.2) is 42.6 Å². The number of nitrogens with zero attached hydrogens (tertiary/aromatic N) is 3. The number of nitrogens with one attached hydrogen (secondary N) is 2. The van der Waals surface area contributed by atoms with E-state index in [1.807, 2.05) is 25.1 Å². The van der Waals surface area contributed by atoms with E-state index < -0.39 is 29.3 Å². The topological polar surface area (TPSA) is 149 Å². The lowest BCUT2D eigenvalue weighted by molar-refractivity contribution is -0.145. The van der Waals surface area contributed by atoms with Crippen molar-refractivity contribution in [1.29, 1.82) is 0 Å². The molecule has 1 saturated carbocycles. The van der Waals surface area contributed by atoms with Gasteiger partial charge >= 0.3 is 23.2 Å². The Labute approximate surface area is 365 Å². The van der Waals surface area contributed by atoms with Crippen LogP contribution in [-0.4, -0.2) is 48.1 Å². The first-order valence-electron chi connectivity index (χ1n) is 22.4. The van der Waals surface area contributed by atoms with Crippen LogP contribution < -0.4 is 13.6 Å². The van der Waals surface area contributed by atoms with E-state index in [0.717, 1.165) is 56.1 Å². The Morgan fingerprint density at radius 2 is 1.64 bits per heavy atom. The SMILES string of the molecule is [C-]#[N+]c1cn2[nH]c(-c3ccc(C)c(NS(=O)Oc4cc(C(C)(C)CC)ccc4OC(CCCCCCCCCCCC)C(=O)O)c3)nc2c1C(=O)OC1C(C)CC(C)CC1C. The first-order chi connectivity index (χ1) is 29.1. The number of aliphatic carboxylic acids is 1. The van der Waals surface area contributed by atoms with Gasteiger partial charge in [-0.2, -0.15) is 4.21 Å². The molecule has 0 radical (unpaired) electrons. The van der Waals surface area contributed by atoms with Crippen LogP contribution in [0.1, 0.15) is 160 Å². The number of aromatic amines is 1. The number of unbranched alkanes of at least 4 members (excludes halogenated alkanes) is 9. The predicted molar refractivity (Wildman–Crippen MR) is 243 cm³/mol. The molecular weight excluding hydrogens is 791 g/mol. The maximum Gasteiger partial charge on any atom is 0.344 e. The predicted octanol–water partition coefficient (Wildman–Crippen LogP) is 12.3. The zero-order chi connectivity index (χ0) is 44.3. The van der Waals surface area contributed by atoms with Crippen molar-refractivity contribution in [3.05, 3.63) is 70.7 Å². The summed E-state index contributed by atoms with van der Waals surface area (Å²) in [6.07, 6.45) is 14.8. The summed E-state index contributed by atoms with van der Waals surface area (Å²) in [6.45, 7) is 24.6. The van der Waals surface area contributed by atoms with Crippen LogP contribution in [-0.2, 0) is 26.2 Å². The molecular formula is C48H67N5O7S. The van der Waals surface area contributed by atoms with Crippen LogP contribution in [0.25, 0.3) is 21.9 Å². The zero-order valence-electron chi connectivity index (χ0n) is 37.5. The fourth-order valence-electron chi connectivity index (χ4n) is 8.51. The standard InChI is InChI=1S/C48H67N5O7S/c1-10-12-13-14-15-16-17-18-19-20-21-40(46(54)55)58-39-25-24-36(48(7,8)11-2)29-41(39)60-61(57)52-37-28-35(23-22-32(37)4)44-50-45-42(38(49-9)30-53(45)51-44)47(56)59-43-33(5)26-31(3)27-34(43)6/h22-25,28-31,33-34,40,43,52H,10-21,26-27H2,1-8H3,(H,50,51)(H,54,55). The maximum atomic E-state index is 13.8. The number of esters is 1. The number of carbonyl (C=O) groups is 2. The fourth-order valence-corrected chi connectivity index (χ4v) is 9.25. The molecule has 2 aromatic carbocycles. The molecule has 0 aliphatic heterocycles. The van der Waals surface area contributed by atoms with Crippen LogP contribution in [0.4, 0.5) is 11.4 Å². The number of fused-ring (bicyclic) bond motifs is 1. The lowest BCUT2D eigenvalue weighted by Gasteiger charge is -2.37. The summed E-state index contributed by atoms with van der Waals surface area (Å²) >= 11 is -2.12. The van der Waals surface area contributed by atoms with E-state index >= 15 is 0 Å². The number of H-pyrrole nitrogens is 1. The second-order valence-electron chi connectivity index (χ2n) is 17.9. The minimum atomic E-state index is -2.12. The van der Waals surface area contributed by atoms with E-state index in [1.54, 1.807) is 28.9 Å². The summed E-state index contributed by atoms with van der Waals surface area (Å²) in [5, 5.41) is 13.3. The third-order valence-electron chi connectivity index (χ3n) is 12.5. The number of anilines is 1. The van der Waals surface area contributed by atoms with E-state index in [4.69, 9.17) is 25.2 Å². The molecule has 332 valence electrons. The molecule has 61 heavy (non-hydrogen) atoms. The zero-order valence-corrected chi connectivity index (χ0v) is 38.3. The van der Waals surface area contributed by atoms with Crippen molar-refractivity contribution in [2.45, 2.75) is 163 Å². The molecule has 4 atom stereocenters. The van der Waals surface area contributed by atoms with Crippen molar-refractivity contribution >= 4 is 40.2 Å². The van der Waals surface area contributed by atoms with Gasteiger partial charge in [0.15, 0.2) is 29.1 Å². The van der Waals surface area contributed by atoms with Crippen molar-refractivity contribution in [2.24, 2.45) is 17.8 Å². The van der Waals surface area contributed by atoms with Gasteiger partial charge in [0.1, 0.15) is 11.7 Å². The molecule has 12 nitrogen and oxygen atoms in total. The van der Waals surface area contributed by atoms with Gasteiger partial charge in [-0.15, -0.1) is 0 Å². The highest BCUT2D eigenvalue weighted by molar-refractivity contribution is 7.82. The number of ether oxygens (including phenoxy) is 2. The van der Waals surface area contributed by atoms with Crippen molar-refractivity contribution < 1.29 is 32.6 Å². The Kier molecular flexibility index (Phi) is 16.9. The molecule has 2 aromatic heterocycles. The molecule has 3 N–H and O–H groups in total. The van der Waals surface area contributed by atoms with E-state index in [9.17, 15) is 18.9 Å². The molecule has 4 aromatic rings. The third kappa shape index (κ3) is 12.4. The van der Waals surface area contributed by atoms with Gasteiger partial charge in [0, 0.05) is 11.8 Å². The lowest BCUT2D eigenvalue weighted by atomic mass is 9.75. The first-order valence-corrected chi connectivity index (χ1v) is 23.4. The number of benzene rings is 2. The molecule has 1 fully saturated rings. The Bertz CT molecular complexity index is 2160. The molecule has 0 amide bonds. The smallest absolute Gasteiger partial charge is 0.344 e. The largest absolute Gasteiger partial charge is 0.479 e. The number of carbonyl (C=O) groups excluding carboxylic acids is 1. The van der Waals surface area contributed by atoms with E-state index in [-0.39, 0.29) is 51.8 Å². The second-order valence-corrected chi connectivity index (χ2v) is 18.8. The summed E-state index contributed by atoms with van der Waals surface area (Å²) in [5.41, 5.74) is 3.18. The summed E-state index contributed by atoms with van der Waals surface area (Å²) < 4.78 is 36.5. The maximum absolute atomic E-state index is 13.8. The Morgan fingerprint density at radius 1 is 0.984 bits per heavy atom. The number of carboxylic acids is 1. The van der Waals surface area contributed by atoms with Gasteiger partial charge in [-0.05, 0) is 91.5 Å². The number of aryl methyl sites for hydroxylation is 1. The average molecular weight is 858 g/mol. The second kappa shape index (κ2) is 21.8. The normalized spacial score (nSPS) is 18.9. The summed E-state index contributed by atoms with van der Waals surface area (Å²) in [6, 6.07) is 10.9. The minimum absolute atomic E-state index is 0.121. The van der Waals surface area contributed by atoms with Crippen molar-refractivity contribution in [3.63, 3.8) is 0 Å². The highest BCUT2D eigenvalue weighted by Gasteiger charge is 2.36. The van der Waals surface area contributed by atoms with Crippen LogP contribution in [0.5, 0.6) is 11.5 Å². The fraction of sp³-hybridized carbons (Fsp3) is 0.583. The minimum Gasteiger partial charge on any atom is -0.479 e.